The summed E-state index contributed by atoms with van der Waals surface area (Å²) in [6, 6.07) is 3.33. The number of carbonyl (C=O) groups is 2. The van der Waals surface area contributed by atoms with Crippen LogP contribution in [0.4, 0.5) is 4.39 Å². The minimum Gasteiger partial charge on any atom is -0.464 e. The molecule has 0 saturated heterocycles. The summed E-state index contributed by atoms with van der Waals surface area (Å²) in [6.07, 6.45) is 0. The molecule has 1 unspecified atom stereocenters. The predicted octanol–water partition coefficient (Wildman–Crippen LogP) is 2.27. The Bertz CT molecular complexity index is 465. The first-order valence-corrected chi connectivity index (χ1v) is 6.18. The smallest absolute Gasteiger partial charge is 0.328 e. The normalized spacial score (nSPS) is 11.8. The van der Waals surface area contributed by atoms with Gasteiger partial charge in [0.2, 0.25) is 0 Å². The maximum atomic E-state index is 13.2. The van der Waals surface area contributed by atoms with Gasteiger partial charge in [0.1, 0.15) is 11.9 Å². The SMILES string of the molecule is CCOC(=O)C(C)NC(=O)c1cccc(F)c1Br. The molecule has 1 atom stereocenters. The van der Waals surface area contributed by atoms with Crippen LogP contribution >= 0.6 is 15.9 Å². The zero-order valence-corrected chi connectivity index (χ0v) is 11.6. The molecule has 6 heteroatoms. The monoisotopic (exact) mass is 317 g/mol. The third kappa shape index (κ3) is 3.53. The Balaban J connectivity index is 2.77. The lowest BCUT2D eigenvalue weighted by Gasteiger charge is -2.13. The molecular formula is C12H13BrFNO3. The summed E-state index contributed by atoms with van der Waals surface area (Å²) in [7, 11) is 0. The molecule has 0 aliphatic rings. The van der Waals surface area contributed by atoms with E-state index in [0.717, 1.165) is 0 Å². The van der Waals surface area contributed by atoms with Gasteiger partial charge in [0.25, 0.3) is 5.91 Å². The topological polar surface area (TPSA) is 55.4 Å². The van der Waals surface area contributed by atoms with Crippen molar-refractivity contribution in [2.45, 2.75) is 19.9 Å². The molecule has 0 radical (unpaired) electrons. The quantitative estimate of drug-likeness (QED) is 0.867. The number of esters is 1. The van der Waals surface area contributed by atoms with E-state index in [1.165, 1.54) is 25.1 Å². The van der Waals surface area contributed by atoms with Crippen LogP contribution < -0.4 is 5.32 Å². The van der Waals surface area contributed by atoms with Crippen molar-refractivity contribution < 1.29 is 18.7 Å². The second-order valence-electron chi connectivity index (χ2n) is 3.55. The number of ether oxygens (including phenoxy) is 1. The molecule has 0 spiro atoms. The lowest BCUT2D eigenvalue weighted by molar-refractivity contribution is -0.144. The van der Waals surface area contributed by atoms with Crippen LogP contribution in [0.2, 0.25) is 0 Å². The summed E-state index contributed by atoms with van der Waals surface area (Å²) in [5, 5.41) is 2.44. The molecule has 1 aromatic carbocycles. The number of benzene rings is 1. The fourth-order valence-corrected chi connectivity index (χ4v) is 1.72. The van der Waals surface area contributed by atoms with E-state index in [2.05, 4.69) is 21.2 Å². The average Bonchev–Trinajstić information content (AvgIpc) is 2.32. The highest BCUT2D eigenvalue weighted by atomic mass is 79.9. The van der Waals surface area contributed by atoms with Crippen molar-refractivity contribution in [3.05, 3.63) is 34.1 Å². The van der Waals surface area contributed by atoms with E-state index in [1.54, 1.807) is 6.92 Å². The van der Waals surface area contributed by atoms with E-state index in [1.807, 2.05) is 0 Å². The van der Waals surface area contributed by atoms with Crippen LogP contribution in [0, 0.1) is 5.82 Å². The van der Waals surface area contributed by atoms with E-state index in [4.69, 9.17) is 4.74 Å². The third-order valence-electron chi connectivity index (χ3n) is 2.18. The standard InChI is InChI=1S/C12H13BrFNO3/c1-3-18-12(17)7(2)15-11(16)8-5-4-6-9(14)10(8)13/h4-7H,3H2,1-2H3,(H,15,16). The van der Waals surface area contributed by atoms with E-state index in [0.29, 0.717) is 0 Å². The van der Waals surface area contributed by atoms with Crippen LogP contribution in [0.15, 0.2) is 22.7 Å². The molecule has 0 aliphatic carbocycles. The lowest BCUT2D eigenvalue weighted by atomic mass is 10.2. The molecule has 1 N–H and O–H groups in total. The Morgan fingerprint density at radius 2 is 2.17 bits per heavy atom. The van der Waals surface area contributed by atoms with E-state index >= 15 is 0 Å². The predicted molar refractivity (Wildman–Crippen MR) is 67.7 cm³/mol. The second kappa shape index (κ2) is 6.49. The Morgan fingerprint density at radius 3 is 2.78 bits per heavy atom. The molecule has 1 rings (SSSR count). The molecule has 0 fully saturated rings. The molecule has 18 heavy (non-hydrogen) atoms. The van der Waals surface area contributed by atoms with Crippen molar-refractivity contribution in [2.24, 2.45) is 0 Å². The summed E-state index contributed by atoms with van der Waals surface area (Å²) in [5.74, 6) is -1.60. The van der Waals surface area contributed by atoms with Gasteiger partial charge in [-0.15, -0.1) is 0 Å². The number of hydrogen-bond acceptors (Lipinski definition) is 3. The molecule has 1 aromatic rings. The first-order valence-electron chi connectivity index (χ1n) is 5.38. The summed E-state index contributed by atoms with van der Waals surface area (Å²) in [4.78, 5) is 23.2. The molecule has 0 aliphatic heterocycles. The molecular weight excluding hydrogens is 305 g/mol. The van der Waals surface area contributed by atoms with Gasteiger partial charge in [0.15, 0.2) is 0 Å². The summed E-state index contributed by atoms with van der Waals surface area (Å²) < 4.78 is 18.1. The number of nitrogens with one attached hydrogen (secondary N) is 1. The number of carbonyl (C=O) groups excluding carboxylic acids is 2. The van der Waals surface area contributed by atoms with Crippen LogP contribution in [0.25, 0.3) is 0 Å². The maximum Gasteiger partial charge on any atom is 0.328 e. The molecule has 98 valence electrons. The zero-order chi connectivity index (χ0) is 13.7. The fraction of sp³-hybridized carbons (Fsp3) is 0.333. The van der Waals surface area contributed by atoms with Crippen molar-refractivity contribution in [3.8, 4) is 0 Å². The second-order valence-corrected chi connectivity index (χ2v) is 4.34. The van der Waals surface area contributed by atoms with Gasteiger partial charge in [-0.3, -0.25) is 4.79 Å². The lowest BCUT2D eigenvalue weighted by Crippen LogP contribution is -2.39. The van der Waals surface area contributed by atoms with Crippen LogP contribution in [0.5, 0.6) is 0 Å². The third-order valence-corrected chi connectivity index (χ3v) is 2.99. The summed E-state index contributed by atoms with van der Waals surface area (Å²) in [5.41, 5.74) is 0.131. The van der Waals surface area contributed by atoms with Gasteiger partial charge >= 0.3 is 5.97 Å². The van der Waals surface area contributed by atoms with Gasteiger partial charge in [0.05, 0.1) is 16.6 Å². The van der Waals surface area contributed by atoms with E-state index in [9.17, 15) is 14.0 Å². The molecule has 0 heterocycles. The number of amides is 1. The van der Waals surface area contributed by atoms with Crippen molar-refractivity contribution in [1.29, 1.82) is 0 Å². The van der Waals surface area contributed by atoms with Crippen molar-refractivity contribution in [1.82, 2.24) is 5.32 Å². The largest absolute Gasteiger partial charge is 0.464 e. The van der Waals surface area contributed by atoms with Crippen molar-refractivity contribution >= 4 is 27.8 Å². The number of rotatable bonds is 4. The van der Waals surface area contributed by atoms with Gasteiger partial charge in [-0.2, -0.15) is 0 Å². The van der Waals surface area contributed by atoms with E-state index in [-0.39, 0.29) is 16.6 Å². The average molecular weight is 318 g/mol. The Labute approximate surface area is 113 Å². The van der Waals surface area contributed by atoms with Gasteiger partial charge in [0, 0.05) is 0 Å². The van der Waals surface area contributed by atoms with Crippen LogP contribution in [-0.2, 0) is 9.53 Å². The molecule has 1 amide bonds. The maximum absolute atomic E-state index is 13.2. The Morgan fingerprint density at radius 1 is 1.50 bits per heavy atom. The molecule has 0 saturated carbocycles. The Hall–Kier alpha value is -1.43. The van der Waals surface area contributed by atoms with Crippen molar-refractivity contribution in [3.63, 3.8) is 0 Å². The first-order chi connectivity index (χ1) is 8.47. The molecule has 0 bridgehead atoms. The van der Waals surface area contributed by atoms with Crippen LogP contribution in [-0.4, -0.2) is 24.5 Å². The summed E-state index contributed by atoms with van der Waals surface area (Å²) in [6.45, 7) is 3.42. The first kappa shape index (κ1) is 14.6. The highest BCUT2D eigenvalue weighted by Gasteiger charge is 2.19. The number of halogens is 2. The van der Waals surface area contributed by atoms with Crippen LogP contribution in [0.3, 0.4) is 0 Å². The van der Waals surface area contributed by atoms with E-state index < -0.39 is 23.7 Å². The Kier molecular flexibility index (Phi) is 5.27. The van der Waals surface area contributed by atoms with Crippen LogP contribution in [0.1, 0.15) is 24.2 Å². The summed E-state index contributed by atoms with van der Waals surface area (Å²) >= 11 is 2.99. The van der Waals surface area contributed by atoms with Gasteiger partial charge in [-0.25, -0.2) is 9.18 Å². The zero-order valence-electron chi connectivity index (χ0n) is 10.00. The minimum absolute atomic E-state index is 0.0681. The fourth-order valence-electron chi connectivity index (χ4n) is 1.28. The minimum atomic E-state index is -0.785. The van der Waals surface area contributed by atoms with Gasteiger partial charge in [-0.1, -0.05) is 6.07 Å². The van der Waals surface area contributed by atoms with Gasteiger partial charge in [-0.05, 0) is 41.9 Å². The molecule has 0 aromatic heterocycles. The molecule has 4 nitrogen and oxygen atoms in total. The van der Waals surface area contributed by atoms with Gasteiger partial charge < -0.3 is 10.1 Å². The highest BCUT2D eigenvalue weighted by Crippen LogP contribution is 2.20. The van der Waals surface area contributed by atoms with Crippen molar-refractivity contribution in [2.75, 3.05) is 6.61 Å². The highest BCUT2D eigenvalue weighted by molar-refractivity contribution is 9.10. The number of hydrogen-bond donors (Lipinski definition) is 1.